The normalized spacial score (nSPS) is 14.7. The lowest BCUT2D eigenvalue weighted by molar-refractivity contribution is -0.150. The van der Waals surface area contributed by atoms with E-state index in [4.69, 9.17) is 9.47 Å². The van der Waals surface area contributed by atoms with Gasteiger partial charge in [-0.15, -0.1) is 0 Å². The van der Waals surface area contributed by atoms with Crippen molar-refractivity contribution in [3.8, 4) is 0 Å². The standard InChI is InChI=1S/C12H22O3/c1-7-9(2)10(8-14-6)11(13)15-12(3,4)5/h8-9H,7H2,1-6H3. The van der Waals surface area contributed by atoms with E-state index in [1.54, 1.807) is 0 Å². The zero-order valence-corrected chi connectivity index (χ0v) is 10.6. The molecule has 15 heavy (non-hydrogen) atoms. The fraction of sp³-hybridized carbons (Fsp3) is 0.750. The fourth-order valence-corrected chi connectivity index (χ4v) is 1.05. The molecule has 0 aliphatic carbocycles. The topological polar surface area (TPSA) is 35.5 Å². The van der Waals surface area contributed by atoms with Gasteiger partial charge in [0.1, 0.15) is 5.60 Å². The number of carbonyl (C=O) groups excluding carboxylic acids is 1. The highest BCUT2D eigenvalue weighted by atomic mass is 16.6. The van der Waals surface area contributed by atoms with E-state index < -0.39 is 5.60 Å². The minimum atomic E-state index is -0.461. The molecule has 3 heteroatoms. The van der Waals surface area contributed by atoms with Crippen molar-refractivity contribution in [3.63, 3.8) is 0 Å². The molecule has 0 radical (unpaired) electrons. The molecule has 0 saturated heterocycles. The minimum Gasteiger partial charge on any atom is -0.504 e. The Morgan fingerprint density at radius 1 is 1.40 bits per heavy atom. The summed E-state index contributed by atoms with van der Waals surface area (Å²) >= 11 is 0. The summed E-state index contributed by atoms with van der Waals surface area (Å²) in [6, 6.07) is 0. The van der Waals surface area contributed by atoms with Crippen molar-refractivity contribution in [2.75, 3.05) is 7.11 Å². The second-order valence-corrected chi connectivity index (χ2v) is 4.62. The van der Waals surface area contributed by atoms with E-state index in [1.807, 2.05) is 34.6 Å². The van der Waals surface area contributed by atoms with Crippen LogP contribution < -0.4 is 0 Å². The number of esters is 1. The first-order chi connectivity index (χ1) is 6.81. The molecule has 0 spiro atoms. The molecular formula is C12H22O3. The molecule has 0 rings (SSSR count). The Kier molecular flexibility index (Phi) is 5.40. The van der Waals surface area contributed by atoms with Crippen molar-refractivity contribution in [1.82, 2.24) is 0 Å². The highest BCUT2D eigenvalue weighted by molar-refractivity contribution is 5.88. The molecule has 0 heterocycles. The number of hydrogen-bond acceptors (Lipinski definition) is 3. The summed E-state index contributed by atoms with van der Waals surface area (Å²) in [6.07, 6.45) is 2.36. The monoisotopic (exact) mass is 214 g/mol. The average molecular weight is 214 g/mol. The fourth-order valence-electron chi connectivity index (χ4n) is 1.05. The van der Waals surface area contributed by atoms with E-state index >= 15 is 0 Å². The van der Waals surface area contributed by atoms with Crippen molar-refractivity contribution in [1.29, 1.82) is 0 Å². The summed E-state index contributed by atoms with van der Waals surface area (Å²) in [4.78, 5) is 11.8. The zero-order chi connectivity index (χ0) is 12.1. The van der Waals surface area contributed by atoms with Crippen molar-refractivity contribution in [2.45, 2.75) is 46.6 Å². The molecule has 0 aromatic carbocycles. The molecule has 0 N–H and O–H groups in total. The van der Waals surface area contributed by atoms with Gasteiger partial charge < -0.3 is 9.47 Å². The van der Waals surface area contributed by atoms with Gasteiger partial charge in [-0.1, -0.05) is 13.8 Å². The van der Waals surface area contributed by atoms with Crippen LogP contribution in [0.1, 0.15) is 41.0 Å². The lowest BCUT2D eigenvalue weighted by atomic mass is 9.99. The van der Waals surface area contributed by atoms with Gasteiger partial charge in [0.15, 0.2) is 0 Å². The molecule has 1 unspecified atom stereocenters. The summed E-state index contributed by atoms with van der Waals surface area (Å²) in [5.74, 6) is -0.140. The Morgan fingerprint density at radius 2 is 1.93 bits per heavy atom. The Morgan fingerprint density at radius 3 is 2.27 bits per heavy atom. The Balaban J connectivity index is 4.66. The molecule has 0 aromatic heterocycles. The highest BCUT2D eigenvalue weighted by Crippen LogP contribution is 2.19. The SMILES string of the molecule is CCC(C)C(=COC)C(=O)OC(C)(C)C. The molecular weight excluding hydrogens is 192 g/mol. The van der Waals surface area contributed by atoms with E-state index in [0.29, 0.717) is 5.57 Å². The van der Waals surface area contributed by atoms with E-state index in [9.17, 15) is 4.79 Å². The Hall–Kier alpha value is -0.990. The van der Waals surface area contributed by atoms with E-state index in [-0.39, 0.29) is 11.9 Å². The largest absolute Gasteiger partial charge is 0.504 e. The number of carbonyl (C=O) groups is 1. The molecule has 1 atom stereocenters. The zero-order valence-electron chi connectivity index (χ0n) is 10.6. The van der Waals surface area contributed by atoms with E-state index in [0.717, 1.165) is 6.42 Å². The van der Waals surface area contributed by atoms with Gasteiger partial charge >= 0.3 is 5.97 Å². The van der Waals surface area contributed by atoms with Crippen LogP contribution in [0.4, 0.5) is 0 Å². The molecule has 0 aromatic rings. The summed E-state index contributed by atoms with van der Waals surface area (Å²) in [5, 5.41) is 0. The predicted molar refractivity (Wildman–Crippen MR) is 60.4 cm³/mol. The molecule has 88 valence electrons. The van der Waals surface area contributed by atoms with Gasteiger partial charge in [-0.2, -0.15) is 0 Å². The molecule has 0 saturated carbocycles. The van der Waals surface area contributed by atoms with Crippen molar-refractivity contribution in [2.24, 2.45) is 5.92 Å². The maximum absolute atomic E-state index is 11.8. The molecule has 0 amide bonds. The second kappa shape index (κ2) is 5.79. The van der Waals surface area contributed by atoms with Crippen LogP contribution in [0.25, 0.3) is 0 Å². The smallest absolute Gasteiger partial charge is 0.337 e. The summed E-state index contributed by atoms with van der Waals surface area (Å²) < 4.78 is 10.2. The van der Waals surface area contributed by atoms with Crippen molar-refractivity contribution in [3.05, 3.63) is 11.8 Å². The molecule has 0 fully saturated rings. The van der Waals surface area contributed by atoms with E-state index in [1.165, 1.54) is 13.4 Å². The number of rotatable bonds is 4. The predicted octanol–water partition coefficient (Wildman–Crippen LogP) is 2.90. The first-order valence-electron chi connectivity index (χ1n) is 5.28. The number of hydrogen-bond donors (Lipinski definition) is 0. The van der Waals surface area contributed by atoms with Crippen LogP contribution >= 0.6 is 0 Å². The minimum absolute atomic E-state index is 0.153. The van der Waals surface area contributed by atoms with Crippen LogP contribution in [0.2, 0.25) is 0 Å². The third kappa shape index (κ3) is 5.45. The third-order valence-electron chi connectivity index (χ3n) is 2.02. The Bertz CT molecular complexity index is 236. The quantitative estimate of drug-likeness (QED) is 0.410. The lowest BCUT2D eigenvalue weighted by Crippen LogP contribution is -2.26. The van der Waals surface area contributed by atoms with Crippen LogP contribution in [0.15, 0.2) is 11.8 Å². The molecule has 0 bridgehead atoms. The van der Waals surface area contributed by atoms with Gasteiger partial charge in [0, 0.05) is 0 Å². The van der Waals surface area contributed by atoms with Gasteiger partial charge in [0.25, 0.3) is 0 Å². The maximum atomic E-state index is 11.8. The van der Waals surface area contributed by atoms with E-state index in [2.05, 4.69) is 0 Å². The molecule has 3 nitrogen and oxygen atoms in total. The number of methoxy groups -OCH3 is 1. The Labute approximate surface area is 92.5 Å². The van der Waals surface area contributed by atoms with Crippen LogP contribution in [0, 0.1) is 5.92 Å². The summed E-state index contributed by atoms with van der Waals surface area (Å²) in [7, 11) is 1.53. The molecule has 0 aliphatic heterocycles. The van der Waals surface area contributed by atoms with Gasteiger partial charge in [0.2, 0.25) is 0 Å². The summed E-state index contributed by atoms with van der Waals surface area (Å²) in [6.45, 7) is 9.57. The maximum Gasteiger partial charge on any atom is 0.337 e. The second-order valence-electron chi connectivity index (χ2n) is 4.62. The van der Waals surface area contributed by atoms with Gasteiger partial charge in [-0.05, 0) is 33.1 Å². The van der Waals surface area contributed by atoms with Crippen LogP contribution in [0.5, 0.6) is 0 Å². The lowest BCUT2D eigenvalue weighted by Gasteiger charge is -2.22. The highest BCUT2D eigenvalue weighted by Gasteiger charge is 2.23. The average Bonchev–Trinajstić information content (AvgIpc) is 2.10. The van der Waals surface area contributed by atoms with Crippen LogP contribution in [0.3, 0.4) is 0 Å². The first-order valence-corrected chi connectivity index (χ1v) is 5.28. The molecule has 0 aliphatic rings. The van der Waals surface area contributed by atoms with Gasteiger partial charge in [0.05, 0.1) is 18.9 Å². The third-order valence-corrected chi connectivity index (χ3v) is 2.02. The van der Waals surface area contributed by atoms with Crippen LogP contribution in [-0.4, -0.2) is 18.7 Å². The van der Waals surface area contributed by atoms with Crippen molar-refractivity contribution >= 4 is 5.97 Å². The number of ether oxygens (including phenoxy) is 2. The van der Waals surface area contributed by atoms with Gasteiger partial charge in [-0.3, -0.25) is 0 Å². The van der Waals surface area contributed by atoms with Crippen LogP contribution in [-0.2, 0) is 14.3 Å². The summed E-state index contributed by atoms with van der Waals surface area (Å²) in [5.41, 5.74) is 0.132. The van der Waals surface area contributed by atoms with Gasteiger partial charge in [-0.25, -0.2) is 4.79 Å². The van der Waals surface area contributed by atoms with Crippen molar-refractivity contribution < 1.29 is 14.3 Å². The first kappa shape index (κ1) is 14.0.